The van der Waals surface area contributed by atoms with Crippen molar-refractivity contribution >= 4 is 21.8 Å². The van der Waals surface area contributed by atoms with Gasteiger partial charge in [0.05, 0.1) is 13.2 Å². The third-order valence-electron chi connectivity index (χ3n) is 4.46. The van der Waals surface area contributed by atoms with Gasteiger partial charge >= 0.3 is 0 Å². The van der Waals surface area contributed by atoms with Crippen LogP contribution in [0, 0.1) is 5.82 Å². The minimum Gasteiger partial charge on any atom is -0.493 e. The van der Waals surface area contributed by atoms with Gasteiger partial charge < -0.3 is 19.5 Å². The van der Waals surface area contributed by atoms with Crippen LogP contribution in [0.25, 0.3) is 0 Å². The molecular formula is C23H22BrFN2O4. The molecule has 0 aliphatic rings. The van der Waals surface area contributed by atoms with Gasteiger partial charge in [0.1, 0.15) is 6.61 Å². The fraction of sp³-hybridized carbons (Fsp3) is 0.217. The number of halogens is 2. The van der Waals surface area contributed by atoms with Crippen molar-refractivity contribution in [1.82, 2.24) is 10.3 Å². The van der Waals surface area contributed by atoms with Crippen molar-refractivity contribution in [2.45, 2.75) is 19.6 Å². The quantitative estimate of drug-likeness (QED) is 0.467. The van der Waals surface area contributed by atoms with Crippen molar-refractivity contribution < 1.29 is 23.4 Å². The average molecular weight is 489 g/mol. The molecule has 2 aromatic carbocycles. The Morgan fingerprint density at radius 1 is 1.06 bits per heavy atom. The molecule has 0 saturated heterocycles. The summed E-state index contributed by atoms with van der Waals surface area (Å²) in [5, 5.41) is 2.83. The van der Waals surface area contributed by atoms with E-state index in [1.165, 1.54) is 12.1 Å². The molecule has 0 radical (unpaired) electrons. The second kappa shape index (κ2) is 10.8. The van der Waals surface area contributed by atoms with Crippen LogP contribution in [0.2, 0.25) is 0 Å². The van der Waals surface area contributed by atoms with Crippen LogP contribution in [0.15, 0.2) is 65.4 Å². The van der Waals surface area contributed by atoms with Crippen LogP contribution in [0.5, 0.6) is 17.2 Å². The Morgan fingerprint density at radius 2 is 1.81 bits per heavy atom. The second-order valence-corrected chi connectivity index (χ2v) is 7.62. The van der Waals surface area contributed by atoms with Gasteiger partial charge in [-0.05, 0) is 60.5 Å². The smallest absolute Gasteiger partial charge is 0.258 e. The number of benzene rings is 2. The van der Waals surface area contributed by atoms with E-state index in [0.717, 1.165) is 11.1 Å². The topological polar surface area (TPSA) is 69.7 Å². The minimum absolute atomic E-state index is 0.0170. The average Bonchev–Trinajstić information content (AvgIpc) is 2.77. The number of rotatable bonds is 9. The summed E-state index contributed by atoms with van der Waals surface area (Å²) in [7, 11) is 1.56. The Hall–Kier alpha value is -3.13. The summed E-state index contributed by atoms with van der Waals surface area (Å²) in [5.41, 5.74) is 1.82. The molecule has 1 aromatic heterocycles. The first-order valence-electron chi connectivity index (χ1n) is 9.53. The van der Waals surface area contributed by atoms with Gasteiger partial charge in [-0.1, -0.05) is 22.0 Å². The van der Waals surface area contributed by atoms with Gasteiger partial charge in [-0.25, -0.2) is 4.39 Å². The van der Waals surface area contributed by atoms with Crippen LogP contribution in [-0.2, 0) is 11.4 Å². The Morgan fingerprint density at radius 3 is 2.52 bits per heavy atom. The van der Waals surface area contributed by atoms with Gasteiger partial charge in [-0.2, -0.15) is 0 Å². The molecule has 0 aliphatic heterocycles. The molecule has 0 bridgehead atoms. The molecule has 162 valence electrons. The molecule has 6 nitrogen and oxygen atoms in total. The summed E-state index contributed by atoms with van der Waals surface area (Å²) in [5.74, 6) is 0.258. The number of carbonyl (C=O) groups is 1. The van der Waals surface area contributed by atoms with Crippen molar-refractivity contribution in [3.63, 3.8) is 0 Å². The zero-order valence-corrected chi connectivity index (χ0v) is 18.7. The monoisotopic (exact) mass is 488 g/mol. The van der Waals surface area contributed by atoms with E-state index in [-0.39, 0.29) is 24.3 Å². The highest BCUT2D eigenvalue weighted by molar-refractivity contribution is 9.10. The van der Waals surface area contributed by atoms with Gasteiger partial charge in [-0.15, -0.1) is 0 Å². The van der Waals surface area contributed by atoms with E-state index in [9.17, 15) is 9.18 Å². The molecule has 0 spiro atoms. The summed E-state index contributed by atoms with van der Waals surface area (Å²) >= 11 is 3.18. The summed E-state index contributed by atoms with van der Waals surface area (Å²) < 4.78 is 30.9. The van der Waals surface area contributed by atoms with Crippen molar-refractivity contribution in [2.24, 2.45) is 0 Å². The first-order chi connectivity index (χ1) is 15.0. The van der Waals surface area contributed by atoms with E-state index in [0.29, 0.717) is 22.6 Å². The zero-order valence-electron chi connectivity index (χ0n) is 17.1. The van der Waals surface area contributed by atoms with Crippen LogP contribution < -0.4 is 19.5 Å². The van der Waals surface area contributed by atoms with Crippen molar-refractivity contribution in [2.75, 3.05) is 13.7 Å². The van der Waals surface area contributed by atoms with Crippen LogP contribution in [0.4, 0.5) is 4.39 Å². The van der Waals surface area contributed by atoms with Crippen molar-refractivity contribution in [3.8, 4) is 17.2 Å². The third-order valence-corrected chi connectivity index (χ3v) is 4.95. The van der Waals surface area contributed by atoms with E-state index >= 15 is 0 Å². The zero-order chi connectivity index (χ0) is 22.2. The van der Waals surface area contributed by atoms with Crippen LogP contribution in [-0.4, -0.2) is 24.6 Å². The summed E-state index contributed by atoms with van der Waals surface area (Å²) in [4.78, 5) is 16.2. The lowest BCUT2D eigenvalue weighted by molar-refractivity contribution is -0.123. The molecule has 1 unspecified atom stereocenters. The van der Waals surface area contributed by atoms with Gasteiger partial charge in [-0.3, -0.25) is 9.78 Å². The highest BCUT2D eigenvalue weighted by atomic mass is 79.9. The predicted octanol–water partition coefficient (Wildman–Crippen LogP) is 4.83. The highest BCUT2D eigenvalue weighted by Gasteiger charge is 2.14. The fourth-order valence-corrected chi connectivity index (χ4v) is 3.15. The lowest BCUT2D eigenvalue weighted by atomic mass is 10.1. The van der Waals surface area contributed by atoms with Crippen molar-refractivity contribution in [1.29, 1.82) is 0 Å². The Labute approximate surface area is 188 Å². The SMILES string of the molecule is COc1cc(C(C)NC(=O)COc2ccc(Br)cc2F)ccc1OCc1ccncc1. The molecule has 0 aliphatic carbocycles. The van der Waals surface area contributed by atoms with Crippen LogP contribution in [0.3, 0.4) is 0 Å². The number of amides is 1. The number of ether oxygens (including phenoxy) is 3. The number of hydrogen-bond acceptors (Lipinski definition) is 5. The number of nitrogens with one attached hydrogen (secondary N) is 1. The van der Waals surface area contributed by atoms with E-state index in [1.807, 2.05) is 31.2 Å². The number of carbonyl (C=O) groups excluding carboxylic acids is 1. The highest BCUT2D eigenvalue weighted by Crippen LogP contribution is 2.31. The Kier molecular flexibility index (Phi) is 7.83. The first kappa shape index (κ1) is 22.6. The van der Waals surface area contributed by atoms with Crippen LogP contribution in [0.1, 0.15) is 24.1 Å². The van der Waals surface area contributed by atoms with E-state index in [4.69, 9.17) is 14.2 Å². The maximum Gasteiger partial charge on any atom is 0.258 e. The van der Waals surface area contributed by atoms with E-state index in [1.54, 1.807) is 31.6 Å². The summed E-state index contributed by atoms with van der Waals surface area (Å²) in [6.45, 7) is 1.92. The third kappa shape index (κ3) is 6.42. The standard InChI is InChI=1S/C23H22BrFN2O4/c1-15(27-23(28)14-31-20-6-4-18(24)12-19(20)25)17-3-5-21(22(11-17)29-2)30-13-16-7-9-26-10-8-16/h3-12,15H,13-14H2,1-2H3,(H,27,28). The molecule has 0 fully saturated rings. The maximum absolute atomic E-state index is 13.8. The molecule has 3 aromatic rings. The normalized spacial score (nSPS) is 11.5. The van der Waals surface area contributed by atoms with Crippen LogP contribution >= 0.6 is 15.9 Å². The number of methoxy groups -OCH3 is 1. The van der Waals surface area contributed by atoms with Gasteiger partial charge in [0.15, 0.2) is 29.7 Å². The largest absolute Gasteiger partial charge is 0.493 e. The summed E-state index contributed by atoms with van der Waals surface area (Å²) in [6, 6.07) is 13.3. The lowest BCUT2D eigenvalue weighted by Gasteiger charge is -2.17. The number of pyridine rings is 1. The predicted molar refractivity (Wildman–Crippen MR) is 118 cm³/mol. The molecular weight excluding hydrogens is 467 g/mol. The molecule has 1 N–H and O–H groups in total. The number of nitrogens with zero attached hydrogens (tertiary/aromatic N) is 1. The number of hydrogen-bond donors (Lipinski definition) is 1. The van der Waals surface area contributed by atoms with Gasteiger partial charge in [0.2, 0.25) is 0 Å². The Balaban J connectivity index is 1.57. The van der Waals surface area contributed by atoms with E-state index < -0.39 is 5.82 Å². The lowest BCUT2D eigenvalue weighted by Crippen LogP contribution is -2.31. The number of aromatic nitrogens is 1. The van der Waals surface area contributed by atoms with Crippen molar-refractivity contribution in [3.05, 3.63) is 82.3 Å². The Bertz CT molecular complexity index is 1030. The van der Waals surface area contributed by atoms with E-state index in [2.05, 4.69) is 26.2 Å². The van der Waals surface area contributed by atoms with Gasteiger partial charge in [0, 0.05) is 16.9 Å². The molecule has 31 heavy (non-hydrogen) atoms. The molecule has 1 atom stereocenters. The molecule has 0 saturated carbocycles. The summed E-state index contributed by atoms with van der Waals surface area (Å²) in [6.07, 6.45) is 3.41. The molecule has 3 rings (SSSR count). The minimum atomic E-state index is -0.540. The van der Waals surface area contributed by atoms with Gasteiger partial charge in [0.25, 0.3) is 5.91 Å². The maximum atomic E-state index is 13.8. The molecule has 1 amide bonds. The molecule has 8 heteroatoms. The molecule has 1 heterocycles. The second-order valence-electron chi connectivity index (χ2n) is 6.71. The first-order valence-corrected chi connectivity index (χ1v) is 10.3. The fourth-order valence-electron chi connectivity index (χ4n) is 2.81.